The molecule has 94 valence electrons. The molecule has 0 spiro atoms. The molecule has 1 aliphatic rings. The van der Waals surface area contributed by atoms with Crippen LogP contribution in [0.15, 0.2) is 23.2 Å². The first-order valence-corrected chi connectivity index (χ1v) is 5.62. The molecule has 0 unspecified atom stereocenters. The number of hydrogen-bond donors (Lipinski definition) is 1. The Balaban J connectivity index is 0.00000144. The Hall–Kier alpha value is -0.850. The molecule has 1 aliphatic carbocycles. The van der Waals surface area contributed by atoms with Gasteiger partial charge in [-0.1, -0.05) is 6.07 Å². The fourth-order valence-electron chi connectivity index (χ4n) is 1.61. The molecule has 2 N–H and O–H groups in total. The van der Waals surface area contributed by atoms with Crippen LogP contribution in [0, 0.1) is 6.92 Å². The van der Waals surface area contributed by atoms with Crippen molar-refractivity contribution in [2.45, 2.75) is 32.4 Å². The zero-order chi connectivity index (χ0) is 11.5. The minimum absolute atomic E-state index is 0. The van der Waals surface area contributed by atoms with Crippen molar-refractivity contribution in [2.75, 3.05) is 7.05 Å². The van der Waals surface area contributed by atoms with Gasteiger partial charge in [0.05, 0.1) is 12.2 Å². The Morgan fingerprint density at radius 2 is 2.24 bits per heavy atom. The average Bonchev–Trinajstić information content (AvgIpc) is 3.09. The molecule has 0 bridgehead atoms. The van der Waals surface area contributed by atoms with Crippen LogP contribution in [0.3, 0.4) is 0 Å². The molecular formula is C12H19IN4. The first kappa shape index (κ1) is 14.2. The van der Waals surface area contributed by atoms with Crippen LogP contribution < -0.4 is 5.73 Å². The molecule has 0 atom stereocenters. The van der Waals surface area contributed by atoms with E-state index in [1.807, 2.05) is 32.2 Å². The van der Waals surface area contributed by atoms with Crippen molar-refractivity contribution in [2.24, 2.45) is 10.7 Å². The third-order valence-corrected chi connectivity index (χ3v) is 2.81. The topological polar surface area (TPSA) is 54.5 Å². The molecule has 2 rings (SSSR count). The number of aromatic nitrogens is 1. The van der Waals surface area contributed by atoms with Gasteiger partial charge in [0, 0.05) is 18.8 Å². The Morgan fingerprint density at radius 3 is 2.82 bits per heavy atom. The van der Waals surface area contributed by atoms with Crippen molar-refractivity contribution in [1.82, 2.24) is 9.88 Å². The molecule has 1 aromatic heterocycles. The van der Waals surface area contributed by atoms with E-state index in [4.69, 9.17) is 5.73 Å². The number of nitrogens with two attached hydrogens (primary N) is 1. The van der Waals surface area contributed by atoms with Crippen LogP contribution in [0.2, 0.25) is 0 Å². The van der Waals surface area contributed by atoms with Gasteiger partial charge in [-0.3, -0.25) is 4.98 Å². The molecule has 0 aromatic carbocycles. The highest BCUT2D eigenvalue weighted by atomic mass is 127. The lowest BCUT2D eigenvalue weighted by Crippen LogP contribution is -2.35. The smallest absolute Gasteiger partial charge is 0.191 e. The molecule has 0 saturated heterocycles. The van der Waals surface area contributed by atoms with Crippen molar-refractivity contribution in [3.63, 3.8) is 0 Å². The normalized spacial score (nSPS) is 15.3. The third-order valence-electron chi connectivity index (χ3n) is 2.81. The minimum Gasteiger partial charge on any atom is -0.370 e. The van der Waals surface area contributed by atoms with Gasteiger partial charge in [0.25, 0.3) is 0 Å². The van der Waals surface area contributed by atoms with Crippen molar-refractivity contribution < 1.29 is 0 Å². The van der Waals surface area contributed by atoms with Crippen molar-refractivity contribution >= 4 is 29.9 Å². The number of aliphatic imine (C=N–C) groups is 1. The Bertz CT molecular complexity index is 401. The number of nitrogens with zero attached hydrogens (tertiary/aromatic N) is 3. The molecule has 0 radical (unpaired) electrons. The number of guanidine groups is 1. The van der Waals surface area contributed by atoms with Gasteiger partial charge in [0.1, 0.15) is 0 Å². The Labute approximate surface area is 119 Å². The van der Waals surface area contributed by atoms with Gasteiger partial charge in [-0.25, -0.2) is 4.99 Å². The lowest BCUT2D eigenvalue weighted by Gasteiger charge is -2.16. The monoisotopic (exact) mass is 346 g/mol. The number of pyridine rings is 1. The lowest BCUT2D eigenvalue weighted by molar-refractivity contribution is 0.487. The largest absolute Gasteiger partial charge is 0.370 e. The maximum atomic E-state index is 5.89. The predicted molar refractivity (Wildman–Crippen MR) is 80.5 cm³/mol. The standard InChI is InChI=1S/C12H18N4.HI/c1-9-4-3-5-10(15-9)8-14-12(13)16(2)11-6-7-11;/h3-5,11H,6-8H2,1-2H3,(H2,13,14);1H. The molecule has 5 heteroatoms. The van der Waals surface area contributed by atoms with Gasteiger partial charge >= 0.3 is 0 Å². The molecule has 0 amide bonds. The van der Waals surface area contributed by atoms with E-state index in [2.05, 4.69) is 14.9 Å². The van der Waals surface area contributed by atoms with Gasteiger partial charge < -0.3 is 10.6 Å². The molecule has 1 aromatic rings. The second kappa shape index (κ2) is 6.18. The lowest BCUT2D eigenvalue weighted by atomic mass is 10.3. The average molecular weight is 346 g/mol. The Morgan fingerprint density at radius 1 is 1.53 bits per heavy atom. The van der Waals surface area contributed by atoms with E-state index in [0.29, 0.717) is 18.5 Å². The first-order valence-electron chi connectivity index (χ1n) is 5.62. The summed E-state index contributed by atoms with van der Waals surface area (Å²) < 4.78 is 0. The fourth-order valence-corrected chi connectivity index (χ4v) is 1.61. The Kier molecular flexibility index (Phi) is 5.17. The van der Waals surface area contributed by atoms with Crippen LogP contribution in [0.4, 0.5) is 0 Å². The number of halogens is 1. The molecule has 1 heterocycles. The molecule has 0 aliphatic heterocycles. The van der Waals surface area contributed by atoms with E-state index in [1.165, 1.54) is 12.8 Å². The van der Waals surface area contributed by atoms with Crippen molar-refractivity contribution in [1.29, 1.82) is 0 Å². The summed E-state index contributed by atoms with van der Waals surface area (Å²) in [6.07, 6.45) is 2.46. The highest BCUT2D eigenvalue weighted by molar-refractivity contribution is 14.0. The van der Waals surface area contributed by atoms with Crippen LogP contribution in [-0.4, -0.2) is 28.9 Å². The highest BCUT2D eigenvalue weighted by Gasteiger charge is 2.27. The summed E-state index contributed by atoms with van der Waals surface area (Å²) in [4.78, 5) is 10.8. The quantitative estimate of drug-likeness (QED) is 0.517. The first-order chi connectivity index (χ1) is 7.66. The maximum Gasteiger partial charge on any atom is 0.191 e. The fraction of sp³-hybridized carbons (Fsp3) is 0.500. The maximum absolute atomic E-state index is 5.89. The summed E-state index contributed by atoms with van der Waals surface area (Å²) in [5.74, 6) is 0.616. The number of rotatable bonds is 3. The van der Waals surface area contributed by atoms with E-state index >= 15 is 0 Å². The number of hydrogen-bond acceptors (Lipinski definition) is 2. The predicted octanol–water partition coefficient (Wildman–Crippen LogP) is 1.92. The van der Waals surface area contributed by atoms with Crippen LogP contribution >= 0.6 is 24.0 Å². The molecular weight excluding hydrogens is 327 g/mol. The summed E-state index contributed by atoms with van der Waals surface area (Å²) >= 11 is 0. The minimum atomic E-state index is 0. The molecule has 4 nitrogen and oxygen atoms in total. The number of aryl methyl sites for hydroxylation is 1. The van der Waals surface area contributed by atoms with Gasteiger partial charge in [-0.2, -0.15) is 0 Å². The van der Waals surface area contributed by atoms with Crippen molar-refractivity contribution in [3.8, 4) is 0 Å². The highest BCUT2D eigenvalue weighted by Crippen LogP contribution is 2.24. The second-order valence-corrected chi connectivity index (χ2v) is 4.29. The van der Waals surface area contributed by atoms with Gasteiger partial charge in [-0.05, 0) is 31.9 Å². The summed E-state index contributed by atoms with van der Waals surface area (Å²) in [5, 5.41) is 0. The second-order valence-electron chi connectivity index (χ2n) is 4.29. The summed E-state index contributed by atoms with van der Waals surface area (Å²) in [5.41, 5.74) is 7.87. The zero-order valence-electron chi connectivity index (χ0n) is 10.3. The van der Waals surface area contributed by atoms with E-state index in [9.17, 15) is 0 Å². The zero-order valence-corrected chi connectivity index (χ0v) is 12.6. The van der Waals surface area contributed by atoms with E-state index < -0.39 is 0 Å². The van der Waals surface area contributed by atoms with Crippen LogP contribution in [0.1, 0.15) is 24.2 Å². The summed E-state index contributed by atoms with van der Waals surface area (Å²) in [6, 6.07) is 6.55. The summed E-state index contributed by atoms with van der Waals surface area (Å²) in [7, 11) is 2.00. The van der Waals surface area contributed by atoms with Gasteiger partial charge in [-0.15, -0.1) is 24.0 Å². The van der Waals surface area contributed by atoms with Crippen molar-refractivity contribution in [3.05, 3.63) is 29.6 Å². The van der Waals surface area contributed by atoms with E-state index in [-0.39, 0.29) is 24.0 Å². The molecule has 17 heavy (non-hydrogen) atoms. The van der Waals surface area contributed by atoms with Crippen LogP contribution in [-0.2, 0) is 6.54 Å². The third kappa shape index (κ3) is 4.14. The SMILES string of the molecule is Cc1cccc(CN=C(N)N(C)C2CC2)n1.I. The summed E-state index contributed by atoms with van der Waals surface area (Å²) in [6.45, 7) is 2.54. The molecule has 1 saturated carbocycles. The van der Waals surface area contributed by atoms with Gasteiger partial charge in [0.15, 0.2) is 5.96 Å². The van der Waals surface area contributed by atoms with E-state index in [1.54, 1.807) is 0 Å². The van der Waals surface area contributed by atoms with E-state index in [0.717, 1.165) is 11.4 Å². The van der Waals surface area contributed by atoms with Crippen LogP contribution in [0.25, 0.3) is 0 Å². The van der Waals surface area contributed by atoms with Crippen LogP contribution in [0.5, 0.6) is 0 Å². The van der Waals surface area contributed by atoms with Gasteiger partial charge in [0.2, 0.25) is 0 Å². The molecule has 1 fully saturated rings.